The number of hydrogen-bond donors (Lipinski definition) is 1. The van der Waals surface area contributed by atoms with Crippen LogP contribution in [-0.4, -0.2) is 27.3 Å². The van der Waals surface area contributed by atoms with Crippen molar-refractivity contribution in [2.45, 2.75) is 38.6 Å². The second kappa shape index (κ2) is 7.15. The number of nitrogens with zero attached hydrogens (tertiary/aromatic N) is 2. The van der Waals surface area contributed by atoms with E-state index in [1.165, 1.54) is 6.33 Å². The molecule has 1 heterocycles. The molecule has 0 aliphatic heterocycles. The van der Waals surface area contributed by atoms with E-state index in [1.807, 2.05) is 31.2 Å². The summed E-state index contributed by atoms with van der Waals surface area (Å²) < 4.78 is 11.5. The van der Waals surface area contributed by atoms with Crippen molar-refractivity contribution in [3.8, 4) is 11.8 Å². The van der Waals surface area contributed by atoms with Crippen molar-refractivity contribution in [2.24, 2.45) is 5.92 Å². The number of aliphatic hydroxyl groups is 1. The molecule has 0 unspecified atom stereocenters. The van der Waals surface area contributed by atoms with Crippen LogP contribution >= 0.6 is 11.6 Å². The molecule has 1 fully saturated rings. The Morgan fingerprint density at radius 3 is 2.61 bits per heavy atom. The van der Waals surface area contributed by atoms with E-state index in [0.717, 1.165) is 12.0 Å². The molecule has 0 saturated heterocycles. The fraction of sp³-hybridized carbons (Fsp3) is 0.412. The van der Waals surface area contributed by atoms with E-state index in [9.17, 15) is 5.11 Å². The molecule has 1 aliphatic carbocycles. The fourth-order valence-electron chi connectivity index (χ4n) is 2.64. The van der Waals surface area contributed by atoms with Crippen LogP contribution in [0.5, 0.6) is 11.8 Å². The molecule has 23 heavy (non-hydrogen) atoms. The summed E-state index contributed by atoms with van der Waals surface area (Å²) in [5, 5.41) is 10.5. The van der Waals surface area contributed by atoms with Gasteiger partial charge in [0, 0.05) is 11.4 Å². The normalized spacial score (nSPS) is 23.7. The van der Waals surface area contributed by atoms with E-state index < -0.39 is 0 Å². The zero-order chi connectivity index (χ0) is 16.2. The van der Waals surface area contributed by atoms with Gasteiger partial charge in [-0.3, -0.25) is 0 Å². The third-order valence-corrected chi connectivity index (χ3v) is 4.25. The molecule has 0 amide bonds. The van der Waals surface area contributed by atoms with Gasteiger partial charge in [-0.25, -0.2) is 9.97 Å². The van der Waals surface area contributed by atoms with Gasteiger partial charge in [0.15, 0.2) is 0 Å². The Bertz CT molecular complexity index is 641. The highest BCUT2D eigenvalue weighted by molar-refractivity contribution is 6.30. The first-order chi connectivity index (χ1) is 11.1. The van der Waals surface area contributed by atoms with Crippen LogP contribution in [0.15, 0.2) is 36.7 Å². The van der Waals surface area contributed by atoms with Gasteiger partial charge in [-0.2, -0.15) is 0 Å². The lowest BCUT2D eigenvalue weighted by atomic mass is 10.1. The molecule has 0 bridgehead atoms. The van der Waals surface area contributed by atoms with Crippen LogP contribution in [0.3, 0.4) is 0 Å². The van der Waals surface area contributed by atoms with E-state index in [4.69, 9.17) is 21.1 Å². The summed E-state index contributed by atoms with van der Waals surface area (Å²) in [5.41, 5.74) is 1.00. The van der Waals surface area contributed by atoms with Gasteiger partial charge in [-0.05, 0) is 30.0 Å². The largest absolute Gasteiger partial charge is 0.474 e. The third-order valence-electron chi connectivity index (χ3n) is 4.00. The molecule has 122 valence electrons. The number of hydrogen-bond acceptors (Lipinski definition) is 5. The van der Waals surface area contributed by atoms with Gasteiger partial charge < -0.3 is 14.6 Å². The molecule has 3 atom stereocenters. The molecule has 1 saturated carbocycles. The van der Waals surface area contributed by atoms with Crippen molar-refractivity contribution < 1.29 is 14.6 Å². The maximum atomic E-state index is 9.78. The molecule has 5 nitrogen and oxygen atoms in total. The smallest absolute Gasteiger partial charge is 0.220 e. The van der Waals surface area contributed by atoms with E-state index in [0.29, 0.717) is 29.8 Å². The number of rotatable bonds is 5. The summed E-state index contributed by atoms with van der Waals surface area (Å²) in [5.74, 6) is 1.18. The summed E-state index contributed by atoms with van der Waals surface area (Å²) in [6, 6.07) is 9.12. The number of benzene rings is 1. The van der Waals surface area contributed by atoms with Crippen LogP contribution in [0, 0.1) is 5.92 Å². The van der Waals surface area contributed by atoms with E-state index in [-0.39, 0.29) is 18.1 Å². The molecule has 1 aromatic heterocycles. The summed E-state index contributed by atoms with van der Waals surface area (Å²) >= 11 is 5.86. The van der Waals surface area contributed by atoms with Crippen molar-refractivity contribution in [3.63, 3.8) is 0 Å². The molecule has 6 heteroatoms. The van der Waals surface area contributed by atoms with Gasteiger partial charge in [0.05, 0.1) is 12.2 Å². The van der Waals surface area contributed by atoms with Gasteiger partial charge in [0.2, 0.25) is 11.8 Å². The van der Waals surface area contributed by atoms with Gasteiger partial charge in [0.25, 0.3) is 0 Å². The van der Waals surface area contributed by atoms with Gasteiger partial charge in [0.1, 0.15) is 19.0 Å². The predicted octanol–water partition coefficient (Wildman–Crippen LogP) is 3.25. The van der Waals surface area contributed by atoms with E-state index in [2.05, 4.69) is 9.97 Å². The first kappa shape index (κ1) is 16.0. The Labute approximate surface area is 140 Å². The standard InChI is InChI=1S/C17H19ClN2O3/c1-11-6-14(7-15(11)21)23-17-8-16(19-10-20-17)22-9-12-2-4-13(18)5-3-12/h2-5,8,10-11,14-15,21H,6-7,9H2,1H3/t11-,14+,15-/m0/s1. The highest BCUT2D eigenvalue weighted by atomic mass is 35.5. The molecular formula is C17H19ClN2O3. The summed E-state index contributed by atoms with van der Waals surface area (Å²) in [6.07, 6.45) is 2.56. The first-order valence-corrected chi connectivity index (χ1v) is 8.02. The molecule has 1 aliphatic rings. The molecule has 0 radical (unpaired) electrons. The first-order valence-electron chi connectivity index (χ1n) is 7.64. The second-order valence-electron chi connectivity index (χ2n) is 5.87. The van der Waals surface area contributed by atoms with E-state index in [1.54, 1.807) is 6.07 Å². The number of halogens is 1. The number of aliphatic hydroxyl groups excluding tert-OH is 1. The Morgan fingerprint density at radius 1 is 1.17 bits per heavy atom. The lowest BCUT2D eigenvalue weighted by Gasteiger charge is -2.13. The average molecular weight is 335 g/mol. The Kier molecular flexibility index (Phi) is 4.98. The Morgan fingerprint density at radius 2 is 1.91 bits per heavy atom. The fourth-order valence-corrected chi connectivity index (χ4v) is 2.77. The molecular weight excluding hydrogens is 316 g/mol. The molecule has 3 rings (SSSR count). The predicted molar refractivity (Wildman–Crippen MR) is 86.6 cm³/mol. The van der Waals surface area contributed by atoms with Gasteiger partial charge >= 0.3 is 0 Å². The maximum absolute atomic E-state index is 9.78. The zero-order valence-corrected chi connectivity index (χ0v) is 13.6. The minimum absolute atomic E-state index is 0.0148. The highest BCUT2D eigenvalue weighted by Crippen LogP contribution is 2.29. The van der Waals surface area contributed by atoms with Gasteiger partial charge in [-0.15, -0.1) is 0 Å². The minimum atomic E-state index is -0.303. The molecule has 2 aromatic rings. The van der Waals surface area contributed by atoms with Crippen molar-refractivity contribution in [1.82, 2.24) is 9.97 Å². The summed E-state index contributed by atoms with van der Waals surface area (Å²) in [4.78, 5) is 8.19. The number of aromatic nitrogens is 2. The minimum Gasteiger partial charge on any atom is -0.474 e. The summed E-state index contributed by atoms with van der Waals surface area (Å²) in [7, 11) is 0. The molecule has 1 aromatic carbocycles. The topological polar surface area (TPSA) is 64.5 Å². The van der Waals surface area contributed by atoms with Crippen LogP contribution in [0.25, 0.3) is 0 Å². The van der Waals surface area contributed by atoms with Crippen LogP contribution < -0.4 is 9.47 Å². The average Bonchev–Trinajstić information content (AvgIpc) is 2.85. The lowest BCUT2D eigenvalue weighted by Crippen LogP contribution is -2.14. The van der Waals surface area contributed by atoms with Crippen LogP contribution in [0.1, 0.15) is 25.3 Å². The Hall–Kier alpha value is -1.85. The quantitative estimate of drug-likeness (QED) is 0.909. The molecule has 0 spiro atoms. The van der Waals surface area contributed by atoms with Crippen molar-refractivity contribution in [3.05, 3.63) is 47.2 Å². The number of ether oxygens (including phenoxy) is 2. The Balaban J connectivity index is 1.58. The van der Waals surface area contributed by atoms with Crippen LogP contribution in [0.4, 0.5) is 0 Å². The van der Waals surface area contributed by atoms with E-state index >= 15 is 0 Å². The third kappa shape index (κ3) is 4.33. The zero-order valence-electron chi connectivity index (χ0n) is 12.9. The van der Waals surface area contributed by atoms with Crippen LogP contribution in [-0.2, 0) is 6.61 Å². The van der Waals surface area contributed by atoms with Gasteiger partial charge in [-0.1, -0.05) is 30.7 Å². The van der Waals surface area contributed by atoms with Crippen LogP contribution in [0.2, 0.25) is 5.02 Å². The van der Waals surface area contributed by atoms with Crippen molar-refractivity contribution in [2.75, 3.05) is 0 Å². The SMILES string of the molecule is C[C@H]1C[C@@H](Oc2cc(OCc3ccc(Cl)cc3)ncn2)C[C@@H]1O. The summed E-state index contributed by atoms with van der Waals surface area (Å²) in [6.45, 7) is 2.42. The van der Waals surface area contributed by atoms with Crippen molar-refractivity contribution in [1.29, 1.82) is 0 Å². The monoisotopic (exact) mass is 334 g/mol. The van der Waals surface area contributed by atoms with Crippen molar-refractivity contribution >= 4 is 11.6 Å². The highest BCUT2D eigenvalue weighted by Gasteiger charge is 2.31. The second-order valence-corrected chi connectivity index (χ2v) is 6.30. The lowest BCUT2D eigenvalue weighted by molar-refractivity contribution is 0.128. The maximum Gasteiger partial charge on any atom is 0.220 e. The molecule has 1 N–H and O–H groups in total.